The summed E-state index contributed by atoms with van der Waals surface area (Å²) in [5, 5.41) is 0. The van der Waals surface area contributed by atoms with Gasteiger partial charge in [0.15, 0.2) is 0 Å². The summed E-state index contributed by atoms with van der Waals surface area (Å²) in [4.78, 5) is 13.2. The molecule has 0 saturated carbocycles. The quantitative estimate of drug-likeness (QED) is 0.819. The number of benzene rings is 1. The Kier molecular flexibility index (Phi) is 6.21. The summed E-state index contributed by atoms with van der Waals surface area (Å²) in [5.41, 5.74) is 5.35. The van der Waals surface area contributed by atoms with Crippen molar-refractivity contribution in [2.45, 2.75) is 12.8 Å². The minimum absolute atomic E-state index is 0.0781. The number of carbonyl (C=O) groups is 1. The molecule has 0 saturated heterocycles. The molecule has 0 radical (unpaired) electrons. The maximum atomic E-state index is 12.9. The van der Waals surface area contributed by atoms with E-state index < -0.39 is 11.6 Å². The monoisotopic (exact) mass is 272 g/mol. The molecule has 106 valence electrons. The van der Waals surface area contributed by atoms with E-state index in [1.54, 1.807) is 11.9 Å². The minimum Gasteiger partial charge on any atom is -0.493 e. The lowest BCUT2D eigenvalue weighted by Gasteiger charge is -2.16. The highest BCUT2D eigenvalue weighted by Crippen LogP contribution is 2.15. The Hall–Kier alpha value is -1.69. The first-order chi connectivity index (χ1) is 9.02. The van der Waals surface area contributed by atoms with E-state index in [0.29, 0.717) is 13.1 Å². The fraction of sp³-hybridized carbons (Fsp3) is 0.462. The summed E-state index contributed by atoms with van der Waals surface area (Å²) in [6, 6.07) is 2.91. The largest absolute Gasteiger partial charge is 0.493 e. The number of amides is 1. The molecule has 0 bridgehead atoms. The van der Waals surface area contributed by atoms with Gasteiger partial charge in [-0.25, -0.2) is 8.78 Å². The highest BCUT2D eigenvalue weighted by atomic mass is 19.1. The van der Waals surface area contributed by atoms with E-state index in [2.05, 4.69) is 0 Å². The number of nitrogens with zero attached hydrogens (tertiary/aromatic N) is 1. The van der Waals surface area contributed by atoms with Crippen LogP contribution in [0.3, 0.4) is 0 Å². The van der Waals surface area contributed by atoms with Crippen molar-refractivity contribution in [1.82, 2.24) is 4.90 Å². The van der Waals surface area contributed by atoms with Gasteiger partial charge in [0.1, 0.15) is 17.4 Å². The van der Waals surface area contributed by atoms with E-state index in [1.807, 2.05) is 0 Å². The average molecular weight is 272 g/mol. The van der Waals surface area contributed by atoms with Gasteiger partial charge in [-0.15, -0.1) is 0 Å². The number of hydrogen-bond donors (Lipinski definition) is 1. The standard InChI is InChI=1S/C13H18F2N2O2/c1-17(5-2-4-16)13(18)3-6-19-12-8-10(14)7-11(15)9-12/h7-9H,2-6,16H2,1H3. The van der Waals surface area contributed by atoms with Gasteiger partial charge in [0, 0.05) is 31.8 Å². The predicted molar refractivity (Wildman–Crippen MR) is 67.8 cm³/mol. The van der Waals surface area contributed by atoms with Gasteiger partial charge in [-0.05, 0) is 13.0 Å². The molecule has 1 aromatic carbocycles. The molecule has 19 heavy (non-hydrogen) atoms. The maximum absolute atomic E-state index is 12.9. The van der Waals surface area contributed by atoms with Crippen LogP contribution in [0.1, 0.15) is 12.8 Å². The first-order valence-electron chi connectivity index (χ1n) is 6.06. The van der Waals surface area contributed by atoms with Gasteiger partial charge in [0.25, 0.3) is 0 Å². The smallest absolute Gasteiger partial charge is 0.225 e. The van der Waals surface area contributed by atoms with Crippen molar-refractivity contribution in [3.8, 4) is 5.75 Å². The van der Waals surface area contributed by atoms with Gasteiger partial charge in [-0.3, -0.25) is 4.79 Å². The van der Waals surface area contributed by atoms with Crippen LogP contribution in [-0.2, 0) is 4.79 Å². The number of nitrogens with two attached hydrogens (primary N) is 1. The summed E-state index contributed by atoms with van der Waals surface area (Å²) >= 11 is 0. The second kappa shape index (κ2) is 7.68. The predicted octanol–water partition coefficient (Wildman–Crippen LogP) is 1.54. The van der Waals surface area contributed by atoms with E-state index in [-0.39, 0.29) is 24.7 Å². The zero-order valence-electron chi connectivity index (χ0n) is 10.9. The van der Waals surface area contributed by atoms with Crippen molar-refractivity contribution >= 4 is 5.91 Å². The van der Waals surface area contributed by atoms with Gasteiger partial charge >= 0.3 is 0 Å². The molecular weight excluding hydrogens is 254 g/mol. The SMILES string of the molecule is CN(CCCN)C(=O)CCOc1cc(F)cc(F)c1. The minimum atomic E-state index is -0.707. The second-order valence-electron chi connectivity index (χ2n) is 4.16. The Morgan fingerprint density at radius 1 is 1.32 bits per heavy atom. The molecule has 0 aromatic heterocycles. The number of carbonyl (C=O) groups excluding carboxylic acids is 1. The molecule has 0 spiro atoms. The van der Waals surface area contributed by atoms with Crippen molar-refractivity contribution in [1.29, 1.82) is 0 Å². The lowest BCUT2D eigenvalue weighted by atomic mass is 10.3. The Bertz CT molecular complexity index is 407. The molecular formula is C13H18F2N2O2. The normalized spacial score (nSPS) is 10.3. The fourth-order valence-electron chi connectivity index (χ4n) is 1.51. The van der Waals surface area contributed by atoms with E-state index in [4.69, 9.17) is 10.5 Å². The summed E-state index contributed by atoms with van der Waals surface area (Å²) in [7, 11) is 1.68. The van der Waals surface area contributed by atoms with E-state index in [1.165, 1.54) is 0 Å². The molecule has 1 aromatic rings. The molecule has 1 amide bonds. The molecule has 2 N–H and O–H groups in total. The zero-order valence-corrected chi connectivity index (χ0v) is 10.9. The summed E-state index contributed by atoms with van der Waals surface area (Å²) in [6.45, 7) is 1.19. The van der Waals surface area contributed by atoms with Crippen molar-refractivity contribution in [2.24, 2.45) is 5.73 Å². The van der Waals surface area contributed by atoms with Crippen LogP contribution in [0.4, 0.5) is 8.78 Å². The number of rotatable bonds is 7. The maximum Gasteiger partial charge on any atom is 0.225 e. The van der Waals surface area contributed by atoms with Crippen molar-refractivity contribution in [3.05, 3.63) is 29.8 Å². The fourth-order valence-corrected chi connectivity index (χ4v) is 1.51. The number of halogens is 2. The summed E-state index contributed by atoms with van der Waals surface area (Å²) in [5.74, 6) is -1.43. The first-order valence-corrected chi connectivity index (χ1v) is 6.06. The third-order valence-electron chi connectivity index (χ3n) is 2.54. The van der Waals surface area contributed by atoms with Crippen LogP contribution >= 0.6 is 0 Å². The van der Waals surface area contributed by atoms with E-state index in [0.717, 1.165) is 24.6 Å². The Labute approximate surface area is 111 Å². The lowest BCUT2D eigenvalue weighted by molar-refractivity contribution is -0.130. The molecule has 4 nitrogen and oxygen atoms in total. The Morgan fingerprint density at radius 2 is 1.95 bits per heavy atom. The summed E-state index contributed by atoms with van der Waals surface area (Å²) < 4.78 is 30.9. The van der Waals surface area contributed by atoms with Gasteiger partial charge in [0.05, 0.1) is 13.0 Å². The van der Waals surface area contributed by atoms with Crippen LogP contribution in [0.2, 0.25) is 0 Å². The third-order valence-corrected chi connectivity index (χ3v) is 2.54. The first kappa shape index (κ1) is 15.4. The molecule has 0 aliphatic carbocycles. The molecule has 0 atom stereocenters. The Morgan fingerprint density at radius 3 is 2.53 bits per heavy atom. The second-order valence-corrected chi connectivity index (χ2v) is 4.16. The molecule has 0 heterocycles. The molecule has 0 aliphatic heterocycles. The summed E-state index contributed by atoms with van der Waals surface area (Å²) in [6.07, 6.45) is 0.886. The number of hydrogen-bond acceptors (Lipinski definition) is 3. The number of ether oxygens (including phenoxy) is 1. The molecule has 6 heteroatoms. The van der Waals surface area contributed by atoms with Crippen molar-refractivity contribution in [2.75, 3.05) is 26.7 Å². The third kappa shape index (κ3) is 5.65. The highest BCUT2D eigenvalue weighted by molar-refractivity contribution is 5.75. The Balaban J connectivity index is 2.35. The average Bonchev–Trinajstić information content (AvgIpc) is 2.34. The van der Waals surface area contributed by atoms with Crippen molar-refractivity contribution in [3.63, 3.8) is 0 Å². The topological polar surface area (TPSA) is 55.6 Å². The van der Waals surface area contributed by atoms with Crippen LogP contribution in [0.5, 0.6) is 5.75 Å². The van der Waals surface area contributed by atoms with Gasteiger partial charge in [0.2, 0.25) is 5.91 Å². The van der Waals surface area contributed by atoms with Crippen LogP contribution < -0.4 is 10.5 Å². The van der Waals surface area contributed by atoms with E-state index >= 15 is 0 Å². The molecule has 0 unspecified atom stereocenters. The van der Waals surface area contributed by atoms with E-state index in [9.17, 15) is 13.6 Å². The zero-order chi connectivity index (χ0) is 14.3. The highest BCUT2D eigenvalue weighted by Gasteiger charge is 2.08. The van der Waals surface area contributed by atoms with Crippen LogP contribution in [-0.4, -0.2) is 37.6 Å². The van der Waals surface area contributed by atoms with Gasteiger partial charge in [-0.2, -0.15) is 0 Å². The van der Waals surface area contributed by atoms with Crippen LogP contribution in [0, 0.1) is 11.6 Å². The van der Waals surface area contributed by atoms with Gasteiger partial charge in [-0.1, -0.05) is 0 Å². The molecule has 0 aliphatic rings. The molecule has 1 rings (SSSR count). The lowest BCUT2D eigenvalue weighted by Crippen LogP contribution is -2.30. The van der Waals surface area contributed by atoms with Crippen LogP contribution in [0.15, 0.2) is 18.2 Å². The van der Waals surface area contributed by atoms with Gasteiger partial charge < -0.3 is 15.4 Å². The van der Waals surface area contributed by atoms with Crippen LogP contribution in [0.25, 0.3) is 0 Å². The van der Waals surface area contributed by atoms with Crippen molar-refractivity contribution < 1.29 is 18.3 Å². The molecule has 0 fully saturated rings.